The highest BCUT2D eigenvalue weighted by Crippen LogP contribution is 2.31. The molecule has 0 atom stereocenters. The summed E-state index contributed by atoms with van der Waals surface area (Å²) in [4.78, 5) is 15.9. The predicted octanol–water partition coefficient (Wildman–Crippen LogP) is 4.79. The lowest BCUT2D eigenvalue weighted by molar-refractivity contribution is -0.141. The molecule has 1 saturated heterocycles. The number of amides is 1. The van der Waals surface area contributed by atoms with Crippen LogP contribution in [0.25, 0.3) is 16.7 Å². The number of carbonyl (C=O) groups is 1. The molecule has 0 aliphatic carbocycles. The molecule has 8 nitrogen and oxygen atoms in total. The van der Waals surface area contributed by atoms with Crippen LogP contribution in [0.3, 0.4) is 0 Å². The zero-order chi connectivity index (χ0) is 24.0. The molecule has 1 aliphatic heterocycles. The molecule has 12 heteroatoms. The molecule has 2 aromatic heterocycles. The molecule has 0 unspecified atom stereocenters. The fraction of sp³-hybridized carbons (Fsp3) is 0.182. The number of nitrogens with one attached hydrogen (secondary N) is 1. The topological polar surface area (TPSA) is 102 Å². The van der Waals surface area contributed by atoms with Crippen molar-refractivity contribution >= 4 is 51.3 Å². The van der Waals surface area contributed by atoms with E-state index < -0.39 is 17.8 Å². The number of rotatable bonds is 4. The second kappa shape index (κ2) is 8.13. The normalized spacial score (nSPS) is 14.2. The van der Waals surface area contributed by atoms with Gasteiger partial charge >= 0.3 is 6.18 Å². The van der Waals surface area contributed by atoms with Crippen LogP contribution >= 0.6 is 12.2 Å². The molecular weight excluding hydrogens is 469 g/mol. The minimum Gasteiger partial charge on any atom is -0.380 e. The van der Waals surface area contributed by atoms with Gasteiger partial charge in [0.25, 0.3) is 5.91 Å². The summed E-state index contributed by atoms with van der Waals surface area (Å²) in [6, 6.07) is 12.1. The Morgan fingerprint density at radius 2 is 1.85 bits per heavy atom. The number of hydrogen-bond donors (Lipinski definition) is 2. The highest BCUT2D eigenvalue weighted by molar-refractivity contribution is 7.80. The number of hydrogen-bond acceptors (Lipinski definition) is 6. The third kappa shape index (κ3) is 3.96. The molecular formula is C22H17F3N6O2S. The average molecular weight is 486 g/mol. The lowest BCUT2D eigenvalue weighted by atomic mass is 10.2. The molecule has 34 heavy (non-hydrogen) atoms. The highest BCUT2D eigenvalue weighted by atomic mass is 32.1. The van der Waals surface area contributed by atoms with Gasteiger partial charge in [0.1, 0.15) is 5.69 Å². The van der Waals surface area contributed by atoms with Crippen LogP contribution in [0, 0.1) is 0 Å². The Bertz CT molecular complexity index is 1410. The van der Waals surface area contributed by atoms with E-state index in [1.54, 1.807) is 24.3 Å². The van der Waals surface area contributed by atoms with Crippen molar-refractivity contribution in [1.82, 2.24) is 14.9 Å². The molecule has 1 amide bonds. The van der Waals surface area contributed by atoms with E-state index in [9.17, 15) is 18.0 Å². The van der Waals surface area contributed by atoms with Crippen molar-refractivity contribution in [3.63, 3.8) is 0 Å². The first-order valence-corrected chi connectivity index (χ1v) is 10.7. The van der Waals surface area contributed by atoms with Crippen LogP contribution in [0.4, 0.5) is 30.4 Å². The molecule has 1 aliphatic rings. The maximum Gasteiger partial charge on any atom is 0.435 e. The lowest BCUT2D eigenvalue weighted by Crippen LogP contribution is -2.22. The summed E-state index contributed by atoms with van der Waals surface area (Å²) >= 11 is 5.35. The first-order valence-electron chi connectivity index (χ1n) is 10.2. The molecule has 0 radical (unpaired) electrons. The van der Waals surface area contributed by atoms with E-state index in [4.69, 9.17) is 22.5 Å². The number of carbonyl (C=O) groups excluding carboxylic acids is 1. The Morgan fingerprint density at radius 3 is 2.53 bits per heavy atom. The van der Waals surface area contributed by atoms with Gasteiger partial charge in [-0.05, 0) is 55.3 Å². The van der Waals surface area contributed by atoms with Crippen molar-refractivity contribution in [3.8, 4) is 5.69 Å². The Kier molecular flexibility index (Phi) is 5.24. The molecule has 0 saturated carbocycles. The zero-order valence-electron chi connectivity index (χ0n) is 17.5. The monoisotopic (exact) mass is 486 g/mol. The third-order valence-electron chi connectivity index (χ3n) is 5.47. The van der Waals surface area contributed by atoms with Crippen LogP contribution < -0.4 is 16.0 Å². The summed E-state index contributed by atoms with van der Waals surface area (Å²) in [6.45, 7) is 0.824. The predicted molar refractivity (Wildman–Crippen MR) is 124 cm³/mol. The summed E-state index contributed by atoms with van der Waals surface area (Å²) in [5.41, 5.74) is 6.12. The van der Waals surface area contributed by atoms with E-state index in [0.717, 1.165) is 34.7 Å². The molecule has 3 heterocycles. The minimum absolute atomic E-state index is 0.0728. The zero-order valence-corrected chi connectivity index (χ0v) is 18.3. The van der Waals surface area contributed by atoms with Crippen molar-refractivity contribution in [2.24, 2.45) is 0 Å². The summed E-state index contributed by atoms with van der Waals surface area (Å²) in [5, 5.41) is 10.3. The fourth-order valence-electron chi connectivity index (χ4n) is 3.80. The van der Waals surface area contributed by atoms with Gasteiger partial charge in [-0.3, -0.25) is 4.79 Å². The largest absolute Gasteiger partial charge is 0.435 e. The van der Waals surface area contributed by atoms with Crippen molar-refractivity contribution < 1.29 is 22.5 Å². The fourth-order valence-corrected chi connectivity index (χ4v) is 4.14. The van der Waals surface area contributed by atoms with E-state index in [-0.39, 0.29) is 17.2 Å². The van der Waals surface area contributed by atoms with Gasteiger partial charge < -0.3 is 20.5 Å². The van der Waals surface area contributed by atoms with Gasteiger partial charge in [0.15, 0.2) is 17.1 Å². The number of nitrogens with zero attached hydrogens (tertiary/aromatic N) is 4. The van der Waals surface area contributed by atoms with E-state index in [1.165, 1.54) is 18.2 Å². The first kappa shape index (κ1) is 21.9. The number of nitrogen functional groups attached to an aromatic ring is 1. The molecule has 0 bridgehead atoms. The molecule has 2 aromatic carbocycles. The number of alkyl halides is 3. The maximum absolute atomic E-state index is 13.4. The quantitative estimate of drug-likeness (QED) is 0.400. The van der Waals surface area contributed by atoms with Gasteiger partial charge in [0.05, 0.1) is 16.1 Å². The summed E-state index contributed by atoms with van der Waals surface area (Å²) in [5.74, 6) is -0.686. The number of halogens is 3. The minimum atomic E-state index is -4.74. The third-order valence-corrected chi connectivity index (χ3v) is 5.89. The second-order valence-corrected chi connectivity index (χ2v) is 8.19. The lowest BCUT2D eigenvalue weighted by Gasteiger charge is -2.18. The molecule has 0 spiro atoms. The van der Waals surface area contributed by atoms with Crippen molar-refractivity contribution in [3.05, 3.63) is 59.9 Å². The number of nitrogens with two attached hydrogens (primary N) is 1. The number of anilines is 3. The maximum atomic E-state index is 13.4. The molecule has 5 rings (SSSR count). The van der Waals surface area contributed by atoms with Gasteiger partial charge in [-0.15, -0.1) is 0 Å². The van der Waals surface area contributed by atoms with E-state index in [2.05, 4.69) is 15.6 Å². The van der Waals surface area contributed by atoms with Crippen LogP contribution in [0.1, 0.15) is 29.0 Å². The number of aromatic nitrogens is 3. The summed E-state index contributed by atoms with van der Waals surface area (Å²) in [7, 11) is 0. The van der Waals surface area contributed by atoms with Gasteiger partial charge in [-0.2, -0.15) is 18.3 Å². The van der Waals surface area contributed by atoms with Crippen LogP contribution in [0.15, 0.2) is 53.1 Å². The van der Waals surface area contributed by atoms with Crippen LogP contribution in [0.2, 0.25) is 0 Å². The van der Waals surface area contributed by atoms with Crippen molar-refractivity contribution in [1.29, 1.82) is 0 Å². The van der Waals surface area contributed by atoms with Crippen LogP contribution in [-0.2, 0) is 6.18 Å². The van der Waals surface area contributed by atoms with E-state index >= 15 is 0 Å². The number of fused-ring (bicyclic) bond motifs is 1. The summed E-state index contributed by atoms with van der Waals surface area (Å²) < 4.78 is 46.2. The summed E-state index contributed by atoms with van der Waals surface area (Å²) in [6.07, 6.45) is -2.91. The van der Waals surface area contributed by atoms with Crippen molar-refractivity contribution in [2.45, 2.75) is 19.0 Å². The van der Waals surface area contributed by atoms with Gasteiger partial charge in [0, 0.05) is 24.0 Å². The van der Waals surface area contributed by atoms with Gasteiger partial charge in [-0.25, -0.2) is 4.68 Å². The molecule has 174 valence electrons. The average Bonchev–Trinajstić information content (AvgIpc) is 3.52. The number of benzene rings is 2. The Labute approximate surface area is 196 Å². The van der Waals surface area contributed by atoms with E-state index in [0.29, 0.717) is 22.7 Å². The molecule has 1 fully saturated rings. The Hall–Kier alpha value is -3.93. The second-order valence-electron chi connectivity index (χ2n) is 7.72. The Balaban J connectivity index is 1.47. The highest BCUT2D eigenvalue weighted by Gasteiger charge is 2.36. The SMILES string of the molecule is Nc1noc2ccc(-n3nc(C(F)(F)F)cc3C(=O)Nc3ccc(N4CCCC4=S)cc3)cc12. The van der Waals surface area contributed by atoms with E-state index in [1.807, 2.05) is 4.90 Å². The molecule has 3 N–H and O–H groups in total. The van der Waals surface area contributed by atoms with Crippen molar-refractivity contribution in [2.75, 3.05) is 22.5 Å². The smallest absolute Gasteiger partial charge is 0.380 e. The standard InChI is InChI=1S/C22H17F3N6O2S/c23-22(24,25)18-11-16(31(28-18)14-7-8-17-15(10-14)20(26)29-33-17)21(32)27-12-3-5-13(6-4-12)30-9-1-2-19(30)34/h3-8,10-11H,1-2,9H2,(H2,26,29)(H,27,32). The molecule has 4 aromatic rings. The first-order chi connectivity index (χ1) is 16.2. The van der Waals surface area contributed by atoms with Crippen LogP contribution in [0.5, 0.6) is 0 Å². The Morgan fingerprint density at radius 1 is 1.12 bits per heavy atom. The van der Waals surface area contributed by atoms with Gasteiger partial charge in [-0.1, -0.05) is 17.4 Å². The number of thiocarbonyl (C=S) groups is 1. The van der Waals surface area contributed by atoms with Crippen LogP contribution in [-0.4, -0.2) is 32.4 Å². The van der Waals surface area contributed by atoms with Gasteiger partial charge in [0.2, 0.25) is 0 Å².